The first-order valence-corrected chi connectivity index (χ1v) is 3.84. The Bertz CT molecular complexity index is 317. The average molecular weight is 180 g/mol. The summed E-state index contributed by atoms with van der Waals surface area (Å²) in [6.45, 7) is 3.40. The number of amides is 1. The summed E-state index contributed by atoms with van der Waals surface area (Å²) in [4.78, 5) is 12.7. The van der Waals surface area contributed by atoms with Crippen LogP contribution in [0.4, 0.5) is 11.4 Å². The first-order chi connectivity index (χ1) is 6.20. The summed E-state index contributed by atoms with van der Waals surface area (Å²) >= 11 is 0. The third-order valence-electron chi connectivity index (χ3n) is 1.78. The van der Waals surface area contributed by atoms with Gasteiger partial charge in [0.2, 0.25) is 5.91 Å². The Kier molecular flexibility index (Phi) is 2.74. The molecular formula is C9H12N2O2. The molecule has 1 rings (SSSR count). The van der Waals surface area contributed by atoms with Gasteiger partial charge < -0.3 is 14.6 Å². The van der Waals surface area contributed by atoms with Crippen molar-refractivity contribution in [1.82, 2.24) is 0 Å². The second-order valence-corrected chi connectivity index (χ2v) is 2.52. The Hall–Kier alpha value is -1.71. The van der Waals surface area contributed by atoms with Gasteiger partial charge in [0, 0.05) is 14.1 Å². The fourth-order valence-electron chi connectivity index (χ4n) is 0.993. The minimum Gasteiger partial charge on any atom is -0.468 e. The van der Waals surface area contributed by atoms with E-state index in [0.717, 1.165) is 5.69 Å². The van der Waals surface area contributed by atoms with Crippen LogP contribution in [0.1, 0.15) is 0 Å². The highest BCUT2D eigenvalue weighted by Crippen LogP contribution is 2.25. The van der Waals surface area contributed by atoms with E-state index in [0.29, 0.717) is 5.69 Å². The smallest absolute Gasteiger partial charge is 0.250 e. The monoisotopic (exact) mass is 180 g/mol. The lowest BCUT2D eigenvalue weighted by Gasteiger charge is -2.13. The van der Waals surface area contributed by atoms with Gasteiger partial charge in [-0.15, -0.1) is 0 Å². The van der Waals surface area contributed by atoms with Gasteiger partial charge in [-0.2, -0.15) is 0 Å². The number of likely N-dealkylation sites (N-methyl/N-ethyl adjacent to an activating group) is 1. The Balaban J connectivity index is 2.93. The summed E-state index contributed by atoms with van der Waals surface area (Å²) in [5, 5.41) is 2.91. The van der Waals surface area contributed by atoms with Crippen LogP contribution in [0.3, 0.4) is 0 Å². The highest BCUT2D eigenvalue weighted by molar-refractivity contribution is 6.02. The van der Waals surface area contributed by atoms with Crippen LogP contribution in [0, 0.1) is 0 Å². The molecule has 1 aromatic heterocycles. The fraction of sp³-hybridized carbons (Fsp3) is 0.222. The maximum atomic E-state index is 11.2. The number of carbonyl (C=O) groups excluding carboxylic acids is 1. The zero-order valence-corrected chi connectivity index (χ0v) is 7.70. The minimum absolute atomic E-state index is 0.169. The third-order valence-corrected chi connectivity index (χ3v) is 1.78. The normalized spacial score (nSPS) is 9.38. The molecule has 4 heteroatoms. The number of hydrogen-bond acceptors (Lipinski definition) is 3. The van der Waals surface area contributed by atoms with Crippen molar-refractivity contribution in [2.24, 2.45) is 0 Å². The number of carbonyl (C=O) groups is 1. The summed E-state index contributed by atoms with van der Waals surface area (Å²) in [5.41, 5.74) is 1.48. The standard InChI is InChI=1S/C9H12N2O2/c1-4-9(12)11(3)8-6-13-5-7(8)10-2/h4-6,10H,1H2,2-3H3. The molecule has 4 nitrogen and oxygen atoms in total. The van der Waals surface area contributed by atoms with E-state index in [1.54, 1.807) is 20.4 Å². The van der Waals surface area contributed by atoms with E-state index in [1.807, 2.05) is 0 Å². The average Bonchev–Trinajstić information content (AvgIpc) is 2.62. The molecule has 0 aromatic carbocycles. The molecule has 0 aliphatic rings. The topological polar surface area (TPSA) is 45.5 Å². The van der Waals surface area contributed by atoms with Gasteiger partial charge in [0.25, 0.3) is 0 Å². The largest absolute Gasteiger partial charge is 0.468 e. The van der Waals surface area contributed by atoms with Crippen LogP contribution in [-0.4, -0.2) is 20.0 Å². The van der Waals surface area contributed by atoms with E-state index in [-0.39, 0.29) is 5.91 Å². The van der Waals surface area contributed by atoms with E-state index < -0.39 is 0 Å². The molecule has 0 spiro atoms. The van der Waals surface area contributed by atoms with E-state index >= 15 is 0 Å². The molecule has 1 amide bonds. The van der Waals surface area contributed by atoms with Crippen molar-refractivity contribution in [3.8, 4) is 0 Å². The Morgan fingerprint density at radius 2 is 2.38 bits per heavy atom. The predicted molar refractivity (Wildman–Crippen MR) is 51.9 cm³/mol. The summed E-state index contributed by atoms with van der Waals surface area (Å²) in [5.74, 6) is -0.169. The minimum atomic E-state index is -0.169. The van der Waals surface area contributed by atoms with Crippen LogP contribution in [0.2, 0.25) is 0 Å². The number of anilines is 2. The van der Waals surface area contributed by atoms with Gasteiger partial charge in [-0.1, -0.05) is 6.58 Å². The molecule has 0 aliphatic heterocycles. The van der Waals surface area contributed by atoms with Gasteiger partial charge in [-0.25, -0.2) is 0 Å². The number of rotatable bonds is 3. The third kappa shape index (κ3) is 1.72. The molecule has 70 valence electrons. The van der Waals surface area contributed by atoms with E-state index in [2.05, 4.69) is 11.9 Å². The predicted octanol–water partition coefficient (Wildman–Crippen LogP) is 1.47. The highest BCUT2D eigenvalue weighted by Gasteiger charge is 2.12. The van der Waals surface area contributed by atoms with Crippen molar-refractivity contribution in [3.05, 3.63) is 25.2 Å². The molecule has 1 heterocycles. The van der Waals surface area contributed by atoms with Gasteiger partial charge in [-0.05, 0) is 6.08 Å². The molecule has 0 bridgehead atoms. The lowest BCUT2D eigenvalue weighted by atomic mass is 10.4. The van der Waals surface area contributed by atoms with E-state index in [9.17, 15) is 4.79 Å². The van der Waals surface area contributed by atoms with E-state index in [4.69, 9.17) is 4.42 Å². The lowest BCUT2D eigenvalue weighted by Crippen LogP contribution is -2.23. The molecule has 0 unspecified atom stereocenters. The molecule has 0 aliphatic carbocycles. The van der Waals surface area contributed by atoms with Crippen molar-refractivity contribution >= 4 is 17.3 Å². The Morgan fingerprint density at radius 1 is 1.69 bits per heavy atom. The van der Waals surface area contributed by atoms with Crippen molar-refractivity contribution < 1.29 is 9.21 Å². The number of hydrogen-bond donors (Lipinski definition) is 1. The first-order valence-electron chi connectivity index (χ1n) is 3.84. The number of nitrogens with zero attached hydrogens (tertiary/aromatic N) is 1. The summed E-state index contributed by atoms with van der Waals surface area (Å²) in [6, 6.07) is 0. The first kappa shape index (κ1) is 9.38. The lowest BCUT2D eigenvalue weighted by molar-refractivity contribution is -0.113. The van der Waals surface area contributed by atoms with Crippen LogP contribution in [0.25, 0.3) is 0 Å². The van der Waals surface area contributed by atoms with Crippen LogP contribution < -0.4 is 10.2 Å². The van der Waals surface area contributed by atoms with Crippen molar-refractivity contribution in [3.63, 3.8) is 0 Å². The van der Waals surface area contributed by atoms with Gasteiger partial charge in [0.1, 0.15) is 18.2 Å². The van der Waals surface area contributed by atoms with Crippen molar-refractivity contribution in [2.75, 3.05) is 24.3 Å². The Labute approximate surface area is 76.8 Å². The molecule has 13 heavy (non-hydrogen) atoms. The molecule has 0 fully saturated rings. The van der Waals surface area contributed by atoms with Crippen LogP contribution in [0.15, 0.2) is 29.6 Å². The van der Waals surface area contributed by atoms with Crippen molar-refractivity contribution in [2.45, 2.75) is 0 Å². The molecule has 1 N–H and O–H groups in total. The van der Waals surface area contributed by atoms with Gasteiger partial charge in [-0.3, -0.25) is 4.79 Å². The molecular weight excluding hydrogens is 168 g/mol. The maximum Gasteiger partial charge on any atom is 0.250 e. The van der Waals surface area contributed by atoms with Crippen molar-refractivity contribution in [1.29, 1.82) is 0 Å². The zero-order valence-electron chi connectivity index (χ0n) is 7.70. The highest BCUT2D eigenvalue weighted by atomic mass is 16.3. The number of furan rings is 1. The molecule has 0 atom stereocenters. The quantitative estimate of drug-likeness (QED) is 0.716. The second kappa shape index (κ2) is 3.80. The van der Waals surface area contributed by atoms with Crippen LogP contribution >= 0.6 is 0 Å². The summed E-state index contributed by atoms with van der Waals surface area (Å²) < 4.78 is 4.96. The van der Waals surface area contributed by atoms with Gasteiger partial charge in [0.05, 0.1) is 5.69 Å². The SMILES string of the molecule is C=CC(=O)N(C)c1cocc1NC. The van der Waals surface area contributed by atoms with E-state index in [1.165, 1.54) is 17.2 Å². The Morgan fingerprint density at radius 3 is 2.92 bits per heavy atom. The molecule has 0 radical (unpaired) electrons. The molecule has 1 aromatic rings. The molecule has 0 saturated carbocycles. The van der Waals surface area contributed by atoms with Gasteiger partial charge >= 0.3 is 0 Å². The van der Waals surface area contributed by atoms with Crippen LogP contribution in [-0.2, 0) is 4.79 Å². The summed E-state index contributed by atoms with van der Waals surface area (Å²) in [7, 11) is 3.43. The summed E-state index contributed by atoms with van der Waals surface area (Å²) in [6.07, 6.45) is 4.31. The molecule has 0 saturated heterocycles. The number of nitrogens with one attached hydrogen (secondary N) is 1. The zero-order chi connectivity index (χ0) is 9.84. The maximum absolute atomic E-state index is 11.2. The second-order valence-electron chi connectivity index (χ2n) is 2.52. The van der Waals surface area contributed by atoms with Crippen LogP contribution in [0.5, 0.6) is 0 Å². The van der Waals surface area contributed by atoms with Gasteiger partial charge in [0.15, 0.2) is 0 Å². The fourth-order valence-corrected chi connectivity index (χ4v) is 0.993.